The second kappa shape index (κ2) is 5.36. The van der Waals surface area contributed by atoms with Gasteiger partial charge >= 0.3 is 5.97 Å². The summed E-state index contributed by atoms with van der Waals surface area (Å²) in [4.78, 5) is 10.4. The number of hydrogen-bond acceptors (Lipinski definition) is 3. The molecule has 0 aliphatic heterocycles. The van der Waals surface area contributed by atoms with Gasteiger partial charge in [0.25, 0.3) is 0 Å². The van der Waals surface area contributed by atoms with Crippen LogP contribution in [0.1, 0.15) is 12.0 Å². The maximum Gasteiger partial charge on any atom is 0.304 e. The number of methoxy groups -OCH3 is 1. The van der Waals surface area contributed by atoms with Crippen molar-refractivity contribution in [3.8, 4) is 5.75 Å². The van der Waals surface area contributed by atoms with Gasteiger partial charge in [-0.3, -0.25) is 4.79 Å². The van der Waals surface area contributed by atoms with Crippen molar-refractivity contribution in [2.24, 2.45) is 5.73 Å². The smallest absolute Gasteiger partial charge is 0.304 e. The lowest BCUT2D eigenvalue weighted by atomic mass is 10.0. The lowest BCUT2D eigenvalue weighted by Crippen LogP contribution is -2.26. The van der Waals surface area contributed by atoms with Crippen molar-refractivity contribution in [1.82, 2.24) is 0 Å². The zero-order valence-corrected chi connectivity index (χ0v) is 8.64. The summed E-state index contributed by atoms with van der Waals surface area (Å²) in [5.74, 6) is -0.129. The highest BCUT2D eigenvalue weighted by Gasteiger charge is 2.11. The van der Waals surface area contributed by atoms with Crippen LogP contribution in [-0.2, 0) is 11.2 Å². The molecule has 0 spiro atoms. The highest BCUT2D eigenvalue weighted by Crippen LogP contribution is 2.18. The summed E-state index contributed by atoms with van der Waals surface area (Å²) in [5, 5.41) is 8.58. The molecule has 0 bridgehead atoms. The van der Waals surface area contributed by atoms with E-state index in [1.165, 1.54) is 0 Å². The van der Waals surface area contributed by atoms with E-state index in [1.807, 2.05) is 24.3 Å². The molecule has 15 heavy (non-hydrogen) atoms. The molecule has 0 aliphatic carbocycles. The molecule has 0 amide bonds. The Labute approximate surface area is 88.7 Å². The normalized spacial score (nSPS) is 12.1. The molecule has 1 atom stereocenters. The predicted molar refractivity (Wildman–Crippen MR) is 56.9 cm³/mol. The fourth-order valence-electron chi connectivity index (χ4n) is 1.45. The third kappa shape index (κ3) is 3.59. The molecule has 0 saturated heterocycles. The minimum atomic E-state index is -0.877. The lowest BCUT2D eigenvalue weighted by molar-refractivity contribution is -0.137. The van der Waals surface area contributed by atoms with Crippen LogP contribution in [0.5, 0.6) is 5.75 Å². The largest absolute Gasteiger partial charge is 0.496 e. The van der Waals surface area contributed by atoms with E-state index in [9.17, 15) is 4.79 Å². The van der Waals surface area contributed by atoms with E-state index in [0.717, 1.165) is 11.3 Å². The number of carboxylic acid groups (broad SMARTS) is 1. The SMILES string of the molecule is COc1ccccc1C[C@@H](N)CC(=O)O. The van der Waals surface area contributed by atoms with Gasteiger partial charge in [0.15, 0.2) is 0 Å². The Bertz CT molecular complexity index is 338. The van der Waals surface area contributed by atoms with Gasteiger partial charge in [-0.15, -0.1) is 0 Å². The summed E-state index contributed by atoms with van der Waals surface area (Å²) in [6.07, 6.45) is 0.481. The van der Waals surface area contributed by atoms with Gasteiger partial charge < -0.3 is 15.6 Å². The van der Waals surface area contributed by atoms with Gasteiger partial charge in [0, 0.05) is 6.04 Å². The molecule has 1 aromatic carbocycles. The zero-order chi connectivity index (χ0) is 11.3. The van der Waals surface area contributed by atoms with Crippen molar-refractivity contribution in [2.75, 3.05) is 7.11 Å². The Morgan fingerprint density at radius 3 is 2.80 bits per heavy atom. The van der Waals surface area contributed by atoms with Crippen LogP contribution in [0.4, 0.5) is 0 Å². The Balaban J connectivity index is 2.67. The van der Waals surface area contributed by atoms with Crippen LogP contribution in [-0.4, -0.2) is 24.2 Å². The van der Waals surface area contributed by atoms with Crippen molar-refractivity contribution in [3.05, 3.63) is 29.8 Å². The summed E-state index contributed by atoms with van der Waals surface area (Å²) in [5.41, 5.74) is 6.63. The van der Waals surface area contributed by atoms with Gasteiger partial charge in [-0.1, -0.05) is 18.2 Å². The van der Waals surface area contributed by atoms with Crippen LogP contribution in [0.25, 0.3) is 0 Å². The molecule has 4 nitrogen and oxygen atoms in total. The molecule has 3 N–H and O–H groups in total. The number of nitrogens with two attached hydrogens (primary N) is 1. The molecule has 0 unspecified atom stereocenters. The molecule has 0 aromatic heterocycles. The Hall–Kier alpha value is -1.55. The van der Waals surface area contributed by atoms with Crippen molar-refractivity contribution < 1.29 is 14.6 Å². The Morgan fingerprint density at radius 1 is 1.53 bits per heavy atom. The maximum absolute atomic E-state index is 10.4. The summed E-state index contributed by atoms with van der Waals surface area (Å²) >= 11 is 0. The van der Waals surface area contributed by atoms with Crippen molar-refractivity contribution in [3.63, 3.8) is 0 Å². The summed E-state index contributed by atoms with van der Waals surface area (Å²) in [7, 11) is 1.58. The molecule has 0 saturated carbocycles. The highest BCUT2D eigenvalue weighted by molar-refractivity contribution is 5.67. The average Bonchev–Trinajstić information content (AvgIpc) is 2.17. The number of ether oxygens (including phenoxy) is 1. The second-order valence-electron chi connectivity index (χ2n) is 3.37. The predicted octanol–water partition coefficient (Wildman–Crippen LogP) is 1.04. The van der Waals surface area contributed by atoms with Crippen LogP contribution in [0.2, 0.25) is 0 Å². The van der Waals surface area contributed by atoms with Crippen LogP contribution >= 0.6 is 0 Å². The van der Waals surface area contributed by atoms with E-state index in [2.05, 4.69) is 0 Å². The van der Waals surface area contributed by atoms with E-state index in [1.54, 1.807) is 7.11 Å². The van der Waals surface area contributed by atoms with Crippen molar-refractivity contribution in [1.29, 1.82) is 0 Å². The standard InChI is InChI=1S/C11H15NO3/c1-15-10-5-3-2-4-8(10)6-9(12)7-11(13)14/h2-5,9H,6-7,12H2,1H3,(H,13,14)/t9-/m1/s1. The first-order valence-corrected chi connectivity index (χ1v) is 4.72. The number of carbonyl (C=O) groups is 1. The van der Waals surface area contributed by atoms with E-state index >= 15 is 0 Å². The third-order valence-corrected chi connectivity index (χ3v) is 2.11. The van der Waals surface area contributed by atoms with Crippen LogP contribution in [0.15, 0.2) is 24.3 Å². The summed E-state index contributed by atoms with van der Waals surface area (Å²) in [6.45, 7) is 0. The summed E-state index contributed by atoms with van der Waals surface area (Å²) < 4.78 is 5.15. The van der Waals surface area contributed by atoms with Gasteiger partial charge in [-0.25, -0.2) is 0 Å². The molecular weight excluding hydrogens is 194 g/mol. The van der Waals surface area contributed by atoms with E-state index < -0.39 is 5.97 Å². The molecule has 1 aromatic rings. The van der Waals surface area contributed by atoms with E-state index in [4.69, 9.17) is 15.6 Å². The zero-order valence-electron chi connectivity index (χ0n) is 8.64. The molecule has 0 fully saturated rings. The summed E-state index contributed by atoms with van der Waals surface area (Å²) in [6, 6.07) is 7.10. The van der Waals surface area contributed by atoms with E-state index in [0.29, 0.717) is 6.42 Å². The first kappa shape index (κ1) is 11.5. The van der Waals surface area contributed by atoms with Gasteiger partial charge in [-0.05, 0) is 18.1 Å². The number of aliphatic carboxylic acids is 1. The van der Waals surface area contributed by atoms with Gasteiger partial charge in [0.2, 0.25) is 0 Å². The topological polar surface area (TPSA) is 72.5 Å². The number of hydrogen-bond donors (Lipinski definition) is 2. The number of rotatable bonds is 5. The molecular formula is C11H15NO3. The number of carboxylic acids is 1. The quantitative estimate of drug-likeness (QED) is 0.760. The fourth-order valence-corrected chi connectivity index (χ4v) is 1.45. The van der Waals surface area contributed by atoms with Gasteiger partial charge in [0.1, 0.15) is 5.75 Å². The van der Waals surface area contributed by atoms with Crippen LogP contribution in [0, 0.1) is 0 Å². The molecule has 0 radical (unpaired) electrons. The first-order chi connectivity index (χ1) is 7.13. The lowest BCUT2D eigenvalue weighted by Gasteiger charge is -2.12. The Kier molecular flexibility index (Phi) is 4.12. The molecule has 82 valence electrons. The molecule has 0 aliphatic rings. The highest BCUT2D eigenvalue weighted by atomic mass is 16.5. The molecule has 4 heteroatoms. The molecule has 1 rings (SSSR count). The second-order valence-corrected chi connectivity index (χ2v) is 3.37. The van der Waals surface area contributed by atoms with Crippen LogP contribution in [0.3, 0.4) is 0 Å². The average molecular weight is 209 g/mol. The monoisotopic (exact) mass is 209 g/mol. The van der Waals surface area contributed by atoms with E-state index in [-0.39, 0.29) is 12.5 Å². The van der Waals surface area contributed by atoms with Crippen molar-refractivity contribution in [2.45, 2.75) is 18.9 Å². The number of para-hydroxylation sites is 1. The minimum absolute atomic E-state index is 0.0297. The minimum Gasteiger partial charge on any atom is -0.496 e. The Morgan fingerprint density at radius 2 is 2.20 bits per heavy atom. The molecule has 0 heterocycles. The first-order valence-electron chi connectivity index (χ1n) is 4.72. The fraction of sp³-hybridized carbons (Fsp3) is 0.364. The van der Waals surface area contributed by atoms with Gasteiger partial charge in [0.05, 0.1) is 13.5 Å². The van der Waals surface area contributed by atoms with Crippen molar-refractivity contribution >= 4 is 5.97 Å². The third-order valence-electron chi connectivity index (χ3n) is 2.11. The van der Waals surface area contributed by atoms with Crippen LogP contribution < -0.4 is 10.5 Å². The van der Waals surface area contributed by atoms with Gasteiger partial charge in [-0.2, -0.15) is 0 Å². The maximum atomic E-state index is 10.4. The number of benzene rings is 1.